The van der Waals surface area contributed by atoms with E-state index in [2.05, 4.69) is 0 Å². The Balaban J connectivity index is 1.82. The highest BCUT2D eigenvalue weighted by atomic mass is 16.6. The Morgan fingerprint density at radius 2 is 2.22 bits per heavy atom. The molecule has 2 aromatic heterocycles. The van der Waals surface area contributed by atoms with Gasteiger partial charge in [-0.05, 0) is 5.92 Å². The zero-order chi connectivity index (χ0) is 16.8. The number of nitrogens with two attached hydrogens (primary N) is 1. The molecule has 1 atom stereocenters. The van der Waals surface area contributed by atoms with Crippen LogP contribution in [0.25, 0.3) is 11.1 Å². The van der Waals surface area contributed by atoms with Gasteiger partial charge in [0.1, 0.15) is 19.4 Å². The molecule has 23 heavy (non-hydrogen) atoms. The van der Waals surface area contributed by atoms with Crippen molar-refractivity contribution >= 4 is 23.5 Å². The quantitative estimate of drug-likeness (QED) is 0.420. The minimum absolute atomic E-state index is 0.0146. The Morgan fingerprint density at radius 1 is 1.43 bits per heavy atom. The number of rotatable bonds is 9. The first-order valence-corrected chi connectivity index (χ1v) is 7.21. The third-order valence-electron chi connectivity index (χ3n) is 3.34. The summed E-state index contributed by atoms with van der Waals surface area (Å²) >= 11 is 0. The van der Waals surface area contributed by atoms with Gasteiger partial charge in [0.15, 0.2) is 5.58 Å². The average Bonchev–Trinajstić information content (AvgIpc) is 3.08. The molecule has 0 unspecified atom stereocenters. The van der Waals surface area contributed by atoms with Gasteiger partial charge in [-0.2, -0.15) is 0 Å². The van der Waals surface area contributed by atoms with Crippen LogP contribution >= 0.6 is 0 Å². The van der Waals surface area contributed by atoms with E-state index in [-0.39, 0.29) is 25.9 Å². The number of ether oxygens (including phenoxy) is 3. The molecule has 0 aliphatic heterocycles. The van der Waals surface area contributed by atoms with Crippen LogP contribution in [0, 0.1) is 5.92 Å². The van der Waals surface area contributed by atoms with Crippen LogP contribution in [0.4, 0.5) is 0 Å². The van der Waals surface area contributed by atoms with E-state index < -0.39 is 12.0 Å². The molecule has 0 aliphatic rings. The van der Waals surface area contributed by atoms with Crippen LogP contribution in [-0.4, -0.2) is 36.3 Å². The van der Waals surface area contributed by atoms with Crippen molar-refractivity contribution in [1.82, 2.24) is 4.57 Å². The van der Waals surface area contributed by atoms with Crippen LogP contribution in [0.1, 0.15) is 13.8 Å². The highest BCUT2D eigenvalue weighted by Crippen LogP contribution is 2.26. The second kappa shape index (κ2) is 7.80. The van der Waals surface area contributed by atoms with Crippen LogP contribution in [0.5, 0.6) is 5.88 Å². The maximum atomic E-state index is 11.6. The van der Waals surface area contributed by atoms with Gasteiger partial charge in [-0.25, -0.2) is 0 Å². The van der Waals surface area contributed by atoms with Crippen molar-refractivity contribution in [3.05, 3.63) is 18.4 Å². The summed E-state index contributed by atoms with van der Waals surface area (Å²) in [5, 5.41) is 0. The number of hydrogen-bond donors (Lipinski definition) is 1. The van der Waals surface area contributed by atoms with E-state index in [4.69, 9.17) is 24.4 Å². The van der Waals surface area contributed by atoms with Gasteiger partial charge in [0.2, 0.25) is 5.88 Å². The third kappa shape index (κ3) is 4.11. The lowest BCUT2D eigenvalue weighted by molar-refractivity contribution is -0.148. The van der Waals surface area contributed by atoms with Gasteiger partial charge in [-0.1, -0.05) is 13.8 Å². The number of fused-ring (bicyclic) bond motifs is 1. The zero-order valence-electron chi connectivity index (χ0n) is 13.1. The van der Waals surface area contributed by atoms with Gasteiger partial charge in [0.25, 0.3) is 6.47 Å². The Hall–Kier alpha value is -2.32. The minimum Gasteiger partial charge on any atom is -0.463 e. The molecule has 2 aromatic rings. The number of furan rings is 1. The Kier molecular flexibility index (Phi) is 5.78. The molecule has 2 N–H and O–H groups in total. The summed E-state index contributed by atoms with van der Waals surface area (Å²) in [7, 11) is 0. The predicted octanol–water partition coefficient (Wildman–Crippen LogP) is 1.27. The van der Waals surface area contributed by atoms with Crippen LogP contribution in [0.3, 0.4) is 0 Å². The molecule has 2 rings (SSSR count). The lowest BCUT2D eigenvalue weighted by Gasteiger charge is -2.14. The fraction of sp³-hybridized carbons (Fsp3) is 0.467. The van der Waals surface area contributed by atoms with Gasteiger partial charge in [-0.15, -0.1) is 0 Å². The Morgan fingerprint density at radius 3 is 2.91 bits per heavy atom. The van der Waals surface area contributed by atoms with E-state index in [1.165, 1.54) is 6.26 Å². The van der Waals surface area contributed by atoms with E-state index in [0.717, 1.165) is 5.52 Å². The second-order valence-corrected chi connectivity index (χ2v) is 5.27. The number of carbonyl (C=O) groups is 2. The Bertz CT molecular complexity index is 660. The largest absolute Gasteiger partial charge is 0.463 e. The maximum Gasteiger partial charge on any atom is 0.323 e. The third-order valence-corrected chi connectivity index (χ3v) is 3.34. The summed E-state index contributed by atoms with van der Waals surface area (Å²) in [6, 6.07) is 2.69. The molecule has 0 saturated heterocycles. The molecule has 0 aromatic carbocycles. The van der Waals surface area contributed by atoms with Gasteiger partial charge < -0.3 is 24.4 Å². The molecule has 0 saturated carbocycles. The summed E-state index contributed by atoms with van der Waals surface area (Å²) in [5.41, 5.74) is 7.00. The molecule has 0 bridgehead atoms. The van der Waals surface area contributed by atoms with Gasteiger partial charge >= 0.3 is 5.97 Å². The van der Waals surface area contributed by atoms with Gasteiger partial charge in [0.05, 0.1) is 18.4 Å². The van der Waals surface area contributed by atoms with E-state index in [9.17, 15) is 9.59 Å². The smallest absolute Gasteiger partial charge is 0.323 e. The van der Waals surface area contributed by atoms with E-state index in [1.54, 1.807) is 16.7 Å². The lowest BCUT2D eigenvalue weighted by Crippen LogP contribution is -2.37. The molecule has 0 fully saturated rings. The number of nitrogens with zero attached hydrogens (tertiary/aromatic N) is 1. The number of aromatic nitrogens is 1. The SMILES string of the molecule is CC(C)[C@H](N)C(=O)OCCOCn1c(OC=O)cc2occc21. The molecular weight excluding hydrogens is 304 g/mol. The van der Waals surface area contributed by atoms with Crippen LogP contribution in [0.2, 0.25) is 0 Å². The molecule has 0 radical (unpaired) electrons. The number of carbonyl (C=O) groups excluding carboxylic acids is 2. The lowest BCUT2D eigenvalue weighted by atomic mass is 10.1. The normalized spacial score (nSPS) is 12.5. The molecule has 126 valence electrons. The van der Waals surface area contributed by atoms with Crippen LogP contribution in [0.15, 0.2) is 22.8 Å². The molecule has 8 nitrogen and oxygen atoms in total. The van der Waals surface area contributed by atoms with Gasteiger partial charge in [0, 0.05) is 12.1 Å². The van der Waals surface area contributed by atoms with Crippen molar-refractivity contribution in [3.63, 3.8) is 0 Å². The van der Waals surface area contributed by atoms with Crippen molar-refractivity contribution in [3.8, 4) is 5.88 Å². The summed E-state index contributed by atoms with van der Waals surface area (Å²) in [5.74, 6) is -0.124. The van der Waals surface area contributed by atoms with E-state index in [1.807, 2.05) is 13.8 Å². The first kappa shape index (κ1) is 17.0. The van der Waals surface area contributed by atoms with Crippen molar-refractivity contribution in [2.75, 3.05) is 13.2 Å². The molecule has 0 amide bonds. The molecule has 0 spiro atoms. The molecule has 2 heterocycles. The average molecular weight is 324 g/mol. The predicted molar refractivity (Wildman–Crippen MR) is 80.6 cm³/mol. The highest BCUT2D eigenvalue weighted by molar-refractivity contribution is 5.77. The Labute approximate surface area is 133 Å². The molecular formula is C15H20N2O6. The van der Waals surface area contributed by atoms with Crippen molar-refractivity contribution < 1.29 is 28.2 Å². The van der Waals surface area contributed by atoms with Crippen LogP contribution in [-0.2, 0) is 25.8 Å². The highest BCUT2D eigenvalue weighted by Gasteiger charge is 2.18. The number of esters is 1. The van der Waals surface area contributed by atoms with Crippen molar-refractivity contribution in [2.24, 2.45) is 11.7 Å². The standard InChI is InChI=1S/C15H20N2O6/c1-10(2)14(16)15(19)22-6-5-20-8-17-11-3-4-21-12(11)7-13(17)23-9-18/h3-4,7,9-10,14H,5-6,8,16H2,1-2H3/t14-/m0/s1. The fourth-order valence-electron chi connectivity index (χ4n) is 1.96. The molecule has 8 heteroatoms. The first-order chi connectivity index (χ1) is 11.0. The fourth-order valence-corrected chi connectivity index (χ4v) is 1.96. The zero-order valence-corrected chi connectivity index (χ0v) is 13.1. The topological polar surface area (TPSA) is 106 Å². The van der Waals surface area contributed by atoms with E-state index >= 15 is 0 Å². The number of hydrogen-bond acceptors (Lipinski definition) is 7. The van der Waals surface area contributed by atoms with Crippen molar-refractivity contribution in [2.45, 2.75) is 26.6 Å². The monoisotopic (exact) mass is 324 g/mol. The van der Waals surface area contributed by atoms with Crippen molar-refractivity contribution in [1.29, 1.82) is 0 Å². The summed E-state index contributed by atoms with van der Waals surface area (Å²) in [4.78, 5) is 22.1. The minimum atomic E-state index is -0.641. The van der Waals surface area contributed by atoms with E-state index in [0.29, 0.717) is 17.9 Å². The second-order valence-electron chi connectivity index (χ2n) is 5.27. The molecule has 0 aliphatic carbocycles. The maximum absolute atomic E-state index is 11.6. The summed E-state index contributed by atoms with van der Waals surface area (Å²) in [6.07, 6.45) is 1.53. The summed E-state index contributed by atoms with van der Waals surface area (Å²) in [6.45, 7) is 4.44. The van der Waals surface area contributed by atoms with Crippen LogP contribution < -0.4 is 10.5 Å². The van der Waals surface area contributed by atoms with Gasteiger partial charge in [-0.3, -0.25) is 14.2 Å². The summed E-state index contributed by atoms with van der Waals surface area (Å²) < 4.78 is 22.2. The first-order valence-electron chi connectivity index (χ1n) is 7.21.